The molecule has 0 aliphatic rings. The Morgan fingerprint density at radius 2 is 1.67 bits per heavy atom. The highest BCUT2D eigenvalue weighted by Gasteiger charge is 2.04. The third kappa shape index (κ3) is 4.23. The van der Waals surface area contributed by atoms with Gasteiger partial charge in [0, 0.05) is 18.8 Å². The number of phenolic OH excluding ortho intramolecular Hbond substituents is 1. The van der Waals surface area contributed by atoms with Gasteiger partial charge in [0.2, 0.25) is 0 Å². The zero-order chi connectivity index (χ0) is 15.4. The summed E-state index contributed by atoms with van der Waals surface area (Å²) >= 11 is 0. The van der Waals surface area contributed by atoms with Crippen molar-refractivity contribution in [2.75, 3.05) is 19.4 Å². The zero-order valence-corrected chi connectivity index (χ0v) is 13.3. The lowest BCUT2D eigenvalue weighted by molar-refractivity contribution is 0.402. The molecule has 0 atom stereocenters. The summed E-state index contributed by atoms with van der Waals surface area (Å²) in [6.45, 7) is 5.56. The number of rotatable bonds is 5. The second kappa shape index (κ2) is 6.64. The number of phenols is 1. The summed E-state index contributed by atoms with van der Waals surface area (Å²) in [6.07, 6.45) is 0. The fraction of sp³-hybridized carbons (Fsp3) is 0.333. The van der Waals surface area contributed by atoms with Gasteiger partial charge in [0.25, 0.3) is 0 Å². The molecule has 0 heterocycles. The van der Waals surface area contributed by atoms with Crippen LogP contribution in [0.3, 0.4) is 0 Å². The van der Waals surface area contributed by atoms with Crippen molar-refractivity contribution in [2.24, 2.45) is 0 Å². The first kappa shape index (κ1) is 15.4. The molecule has 0 amide bonds. The first-order chi connectivity index (χ1) is 9.95. The molecule has 0 aromatic heterocycles. The van der Waals surface area contributed by atoms with Gasteiger partial charge in [0.05, 0.1) is 0 Å². The summed E-state index contributed by atoms with van der Waals surface area (Å²) in [5, 5.41) is 13.3. The predicted octanol–water partition coefficient (Wildman–Crippen LogP) is 3.68. The summed E-state index contributed by atoms with van der Waals surface area (Å²) in [7, 11) is 4.14. The van der Waals surface area contributed by atoms with Crippen molar-refractivity contribution >= 4 is 5.69 Å². The van der Waals surface area contributed by atoms with E-state index in [0.29, 0.717) is 5.75 Å². The molecule has 3 heteroatoms. The lowest BCUT2D eigenvalue weighted by atomic mass is 10.1. The first-order valence-electron chi connectivity index (χ1n) is 7.22. The summed E-state index contributed by atoms with van der Waals surface area (Å²) < 4.78 is 0. The molecule has 2 aromatic rings. The van der Waals surface area contributed by atoms with Crippen LogP contribution in [0.1, 0.15) is 22.3 Å². The second-order valence-electron chi connectivity index (χ2n) is 5.87. The van der Waals surface area contributed by atoms with Crippen LogP contribution < -0.4 is 5.32 Å². The van der Waals surface area contributed by atoms with E-state index in [-0.39, 0.29) is 0 Å². The van der Waals surface area contributed by atoms with E-state index < -0.39 is 0 Å². The van der Waals surface area contributed by atoms with E-state index in [4.69, 9.17) is 0 Å². The number of aromatic hydroxyl groups is 1. The number of hydrogen-bond donors (Lipinski definition) is 2. The monoisotopic (exact) mass is 284 g/mol. The molecule has 21 heavy (non-hydrogen) atoms. The Labute approximate surface area is 127 Å². The number of nitrogens with zero attached hydrogens (tertiary/aromatic N) is 1. The molecule has 0 saturated carbocycles. The summed E-state index contributed by atoms with van der Waals surface area (Å²) in [6, 6.07) is 12.5. The predicted molar refractivity (Wildman–Crippen MR) is 88.7 cm³/mol. The molecule has 2 aromatic carbocycles. The van der Waals surface area contributed by atoms with Crippen LogP contribution in [0, 0.1) is 13.8 Å². The van der Waals surface area contributed by atoms with Gasteiger partial charge in [-0.05, 0) is 62.3 Å². The van der Waals surface area contributed by atoms with E-state index in [0.717, 1.165) is 29.9 Å². The molecule has 0 unspecified atom stereocenters. The van der Waals surface area contributed by atoms with Gasteiger partial charge >= 0.3 is 0 Å². The van der Waals surface area contributed by atoms with Crippen molar-refractivity contribution in [3.05, 3.63) is 58.7 Å². The molecule has 0 radical (unpaired) electrons. The third-order valence-corrected chi connectivity index (χ3v) is 3.47. The smallest absolute Gasteiger partial charge is 0.121 e. The van der Waals surface area contributed by atoms with Crippen molar-refractivity contribution in [1.29, 1.82) is 0 Å². The number of benzene rings is 2. The van der Waals surface area contributed by atoms with Crippen molar-refractivity contribution in [2.45, 2.75) is 26.9 Å². The van der Waals surface area contributed by atoms with Crippen molar-refractivity contribution in [3.63, 3.8) is 0 Å². The Hall–Kier alpha value is -2.00. The minimum absolute atomic E-state index is 0.395. The van der Waals surface area contributed by atoms with Crippen molar-refractivity contribution in [1.82, 2.24) is 4.90 Å². The van der Waals surface area contributed by atoms with Gasteiger partial charge in [-0.1, -0.05) is 24.3 Å². The molecule has 0 saturated heterocycles. The van der Waals surface area contributed by atoms with E-state index >= 15 is 0 Å². The molecule has 0 fully saturated rings. The van der Waals surface area contributed by atoms with Crippen molar-refractivity contribution < 1.29 is 5.11 Å². The number of hydrogen-bond acceptors (Lipinski definition) is 3. The lowest BCUT2D eigenvalue weighted by Crippen LogP contribution is -2.10. The number of anilines is 1. The molecule has 112 valence electrons. The Morgan fingerprint density at radius 1 is 1.00 bits per heavy atom. The normalized spacial score (nSPS) is 10.9. The molecule has 2 rings (SSSR count). The first-order valence-corrected chi connectivity index (χ1v) is 7.22. The van der Waals surface area contributed by atoms with Gasteiger partial charge in [-0.2, -0.15) is 0 Å². The molecule has 2 N–H and O–H groups in total. The third-order valence-electron chi connectivity index (χ3n) is 3.47. The quantitative estimate of drug-likeness (QED) is 0.879. The van der Waals surface area contributed by atoms with E-state index in [1.54, 1.807) is 0 Å². The van der Waals surface area contributed by atoms with Crippen LogP contribution in [0.2, 0.25) is 0 Å². The van der Waals surface area contributed by atoms with Gasteiger partial charge in [-0.3, -0.25) is 0 Å². The molecular weight excluding hydrogens is 260 g/mol. The lowest BCUT2D eigenvalue weighted by Gasteiger charge is -2.13. The minimum atomic E-state index is 0.395. The van der Waals surface area contributed by atoms with Gasteiger partial charge in [0.1, 0.15) is 5.75 Å². The van der Waals surface area contributed by atoms with Crippen LogP contribution >= 0.6 is 0 Å². The number of nitrogens with one attached hydrogen (secondary N) is 1. The van der Waals surface area contributed by atoms with Crippen LogP contribution in [-0.2, 0) is 13.1 Å². The van der Waals surface area contributed by atoms with Gasteiger partial charge < -0.3 is 15.3 Å². The highest BCUT2D eigenvalue weighted by Crippen LogP contribution is 2.23. The molecule has 0 bridgehead atoms. The van der Waals surface area contributed by atoms with Crippen LogP contribution in [0.4, 0.5) is 5.69 Å². The van der Waals surface area contributed by atoms with Crippen molar-refractivity contribution in [3.8, 4) is 5.75 Å². The summed E-state index contributed by atoms with van der Waals surface area (Å²) in [5.74, 6) is 0.395. The average molecular weight is 284 g/mol. The average Bonchev–Trinajstić information content (AvgIpc) is 2.42. The fourth-order valence-electron chi connectivity index (χ4n) is 2.50. The topological polar surface area (TPSA) is 35.5 Å². The van der Waals surface area contributed by atoms with Gasteiger partial charge in [-0.25, -0.2) is 0 Å². The van der Waals surface area contributed by atoms with Gasteiger partial charge in [-0.15, -0.1) is 0 Å². The minimum Gasteiger partial charge on any atom is -0.507 e. The fourth-order valence-corrected chi connectivity index (χ4v) is 2.50. The van der Waals surface area contributed by atoms with E-state index in [1.807, 2.05) is 26.0 Å². The zero-order valence-electron chi connectivity index (χ0n) is 13.3. The SMILES string of the molecule is Cc1cc(CNc2cccc(CN(C)C)c2)cc(C)c1O. The van der Waals surface area contributed by atoms with Crippen LogP contribution in [-0.4, -0.2) is 24.1 Å². The Balaban J connectivity index is 2.06. The maximum Gasteiger partial charge on any atom is 0.121 e. The molecule has 0 aliphatic carbocycles. The van der Waals surface area contributed by atoms with Gasteiger partial charge in [0.15, 0.2) is 0 Å². The highest BCUT2D eigenvalue weighted by molar-refractivity contribution is 5.48. The molecular formula is C18H24N2O. The Morgan fingerprint density at radius 3 is 2.29 bits per heavy atom. The van der Waals surface area contributed by atoms with Crippen LogP contribution in [0.25, 0.3) is 0 Å². The van der Waals surface area contributed by atoms with E-state index in [2.05, 4.69) is 48.6 Å². The largest absolute Gasteiger partial charge is 0.507 e. The van der Waals surface area contributed by atoms with E-state index in [1.165, 1.54) is 11.1 Å². The maximum atomic E-state index is 9.81. The molecule has 0 aliphatic heterocycles. The highest BCUT2D eigenvalue weighted by atomic mass is 16.3. The second-order valence-corrected chi connectivity index (χ2v) is 5.87. The summed E-state index contributed by atoms with van der Waals surface area (Å²) in [5.41, 5.74) is 5.45. The van der Waals surface area contributed by atoms with Crippen LogP contribution in [0.5, 0.6) is 5.75 Å². The standard InChI is InChI=1S/C18H24N2O/c1-13-8-16(9-14(2)18(13)21)11-19-17-7-5-6-15(10-17)12-20(3)4/h5-10,19,21H,11-12H2,1-4H3. The van der Waals surface area contributed by atoms with Crippen LogP contribution in [0.15, 0.2) is 36.4 Å². The Bertz CT molecular complexity index is 597. The Kier molecular flexibility index (Phi) is 4.86. The molecule has 0 spiro atoms. The summed E-state index contributed by atoms with van der Waals surface area (Å²) in [4.78, 5) is 2.16. The van der Waals surface area contributed by atoms with E-state index in [9.17, 15) is 5.11 Å². The number of aryl methyl sites for hydroxylation is 2. The maximum absolute atomic E-state index is 9.81. The molecule has 3 nitrogen and oxygen atoms in total.